The second kappa shape index (κ2) is 12.5. The van der Waals surface area contributed by atoms with Crippen molar-refractivity contribution in [2.45, 2.75) is 13.5 Å². The van der Waals surface area contributed by atoms with Gasteiger partial charge in [0.2, 0.25) is 0 Å². The molecule has 1 aliphatic heterocycles. The Morgan fingerprint density at radius 2 is 1.81 bits per heavy atom. The molecule has 1 fully saturated rings. The van der Waals surface area contributed by atoms with Gasteiger partial charge in [0, 0.05) is 10.6 Å². The number of imide groups is 1. The molecule has 6 nitrogen and oxygen atoms in total. The highest BCUT2D eigenvalue weighted by Crippen LogP contribution is 2.39. The fourth-order valence-corrected chi connectivity index (χ4v) is 5.03. The molecule has 3 aromatic rings. The Hall–Kier alpha value is -3.01. The number of carbonyl (C=O) groups excluding carboxylic acids is 2. The summed E-state index contributed by atoms with van der Waals surface area (Å²) in [5.41, 5.74) is 1.05. The van der Waals surface area contributed by atoms with E-state index in [2.05, 4.69) is 15.9 Å². The molecule has 0 unspecified atom stereocenters. The van der Waals surface area contributed by atoms with Gasteiger partial charge in [-0.05, 0) is 88.7 Å². The van der Waals surface area contributed by atoms with Gasteiger partial charge in [-0.25, -0.2) is 4.39 Å². The van der Waals surface area contributed by atoms with E-state index >= 15 is 0 Å². The first-order valence-electron chi connectivity index (χ1n) is 11.3. The minimum Gasteiger partial charge on any atom is -0.492 e. The van der Waals surface area contributed by atoms with Crippen LogP contribution in [-0.2, 0) is 11.4 Å². The standard InChI is InChI=1S/C27H22BrClFNO5S/c1-2-34-23-14-17(13-21(28)25(23)36-16-18-5-3-4-6-22(18)30)15-24-26(32)31(27(33)37-24)11-12-35-20-9-7-19(29)8-10-20/h3-10,13-15H,2,11-12,16H2,1H3/b24-15-. The van der Waals surface area contributed by atoms with E-state index in [-0.39, 0.29) is 35.7 Å². The fourth-order valence-electron chi connectivity index (χ4n) is 3.47. The number of thioether (sulfide) groups is 1. The Morgan fingerprint density at radius 1 is 1.05 bits per heavy atom. The van der Waals surface area contributed by atoms with Crippen molar-refractivity contribution in [1.29, 1.82) is 0 Å². The van der Waals surface area contributed by atoms with Crippen molar-refractivity contribution in [2.75, 3.05) is 19.8 Å². The molecular formula is C27H22BrClFNO5S. The summed E-state index contributed by atoms with van der Waals surface area (Å²) in [4.78, 5) is 26.8. The third kappa shape index (κ3) is 6.85. The van der Waals surface area contributed by atoms with Crippen molar-refractivity contribution >= 4 is 56.5 Å². The molecule has 1 heterocycles. The number of rotatable bonds is 10. The molecule has 0 bridgehead atoms. The summed E-state index contributed by atoms with van der Waals surface area (Å²) in [5.74, 6) is 0.674. The van der Waals surface area contributed by atoms with Crippen LogP contribution in [0.25, 0.3) is 6.08 Å². The third-order valence-corrected chi connectivity index (χ3v) is 6.98. The minimum atomic E-state index is -0.399. The quantitative estimate of drug-likeness (QED) is 0.225. The van der Waals surface area contributed by atoms with Crippen LogP contribution in [0.15, 0.2) is 70.0 Å². The Kier molecular flexibility index (Phi) is 9.13. The summed E-state index contributed by atoms with van der Waals surface area (Å²) in [5, 5.41) is 0.220. The van der Waals surface area contributed by atoms with Gasteiger partial charge in [0.05, 0.1) is 22.5 Å². The first kappa shape index (κ1) is 27.0. The van der Waals surface area contributed by atoms with Crippen molar-refractivity contribution in [3.63, 3.8) is 0 Å². The summed E-state index contributed by atoms with van der Waals surface area (Å²) >= 11 is 10.2. The Labute approximate surface area is 231 Å². The van der Waals surface area contributed by atoms with Crippen LogP contribution >= 0.6 is 39.3 Å². The van der Waals surface area contributed by atoms with E-state index < -0.39 is 5.91 Å². The molecule has 192 valence electrons. The lowest BCUT2D eigenvalue weighted by molar-refractivity contribution is -0.123. The summed E-state index contributed by atoms with van der Waals surface area (Å²) in [7, 11) is 0. The molecular weight excluding hydrogens is 585 g/mol. The number of hydrogen-bond donors (Lipinski definition) is 0. The monoisotopic (exact) mass is 605 g/mol. The smallest absolute Gasteiger partial charge is 0.293 e. The van der Waals surface area contributed by atoms with Gasteiger partial charge in [0.1, 0.15) is 24.8 Å². The van der Waals surface area contributed by atoms with Crippen molar-refractivity contribution < 1.29 is 28.2 Å². The maximum absolute atomic E-state index is 14.0. The molecule has 1 saturated heterocycles. The minimum absolute atomic E-state index is 0.0156. The van der Waals surface area contributed by atoms with Crippen molar-refractivity contribution in [1.82, 2.24) is 4.90 Å². The molecule has 2 amide bonds. The first-order chi connectivity index (χ1) is 17.9. The third-order valence-electron chi connectivity index (χ3n) is 5.23. The van der Waals surface area contributed by atoms with Crippen molar-refractivity contribution in [2.24, 2.45) is 0 Å². The van der Waals surface area contributed by atoms with Crippen molar-refractivity contribution in [3.8, 4) is 17.2 Å². The Bertz CT molecular complexity index is 1330. The van der Waals surface area contributed by atoms with E-state index in [1.165, 1.54) is 6.07 Å². The molecule has 0 spiro atoms. The molecule has 1 aliphatic rings. The maximum atomic E-state index is 14.0. The molecule has 3 aromatic carbocycles. The van der Waals surface area contributed by atoms with Gasteiger partial charge in [-0.3, -0.25) is 14.5 Å². The average Bonchev–Trinajstić information content (AvgIpc) is 3.13. The van der Waals surface area contributed by atoms with Gasteiger partial charge in [-0.2, -0.15) is 0 Å². The van der Waals surface area contributed by atoms with Crippen LogP contribution in [0, 0.1) is 5.82 Å². The number of ether oxygens (including phenoxy) is 3. The molecule has 0 atom stereocenters. The highest BCUT2D eigenvalue weighted by atomic mass is 79.9. The van der Waals surface area contributed by atoms with E-state index in [1.54, 1.807) is 60.7 Å². The normalized spacial score (nSPS) is 14.4. The van der Waals surface area contributed by atoms with Crippen LogP contribution in [0.4, 0.5) is 9.18 Å². The van der Waals surface area contributed by atoms with Crippen LogP contribution < -0.4 is 14.2 Å². The molecule has 0 N–H and O–H groups in total. The zero-order valence-electron chi connectivity index (χ0n) is 19.7. The van der Waals surface area contributed by atoms with E-state index in [4.69, 9.17) is 25.8 Å². The predicted molar refractivity (Wildman–Crippen MR) is 146 cm³/mol. The molecule has 0 radical (unpaired) electrons. The number of hydrogen-bond acceptors (Lipinski definition) is 6. The summed E-state index contributed by atoms with van der Waals surface area (Å²) in [6.45, 7) is 2.48. The van der Waals surface area contributed by atoms with Gasteiger partial charge in [0.25, 0.3) is 11.1 Å². The molecule has 0 aromatic heterocycles. The average molecular weight is 607 g/mol. The lowest BCUT2D eigenvalue weighted by Crippen LogP contribution is -2.32. The van der Waals surface area contributed by atoms with E-state index in [0.29, 0.717) is 44.5 Å². The van der Waals surface area contributed by atoms with Crippen LogP contribution in [0.1, 0.15) is 18.1 Å². The second-order valence-corrected chi connectivity index (χ2v) is 10.1. The Balaban J connectivity index is 1.46. The summed E-state index contributed by atoms with van der Waals surface area (Å²) < 4.78 is 31.8. The topological polar surface area (TPSA) is 65.1 Å². The fraction of sp³-hybridized carbons (Fsp3) is 0.185. The maximum Gasteiger partial charge on any atom is 0.293 e. The number of nitrogens with zero attached hydrogens (tertiary/aromatic N) is 1. The highest BCUT2D eigenvalue weighted by molar-refractivity contribution is 9.10. The zero-order chi connectivity index (χ0) is 26.4. The number of benzene rings is 3. The van der Waals surface area contributed by atoms with E-state index in [9.17, 15) is 14.0 Å². The number of halogens is 3. The number of carbonyl (C=O) groups is 2. The molecule has 0 aliphatic carbocycles. The van der Waals surface area contributed by atoms with Gasteiger partial charge in [-0.15, -0.1) is 0 Å². The molecule has 37 heavy (non-hydrogen) atoms. The van der Waals surface area contributed by atoms with Crippen LogP contribution in [0.3, 0.4) is 0 Å². The van der Waals surface area contributed by atoms with Crippen LogP contribution in [-0.4, -0.2) is 35.8 Å². The van der Waals surface area contributed by atoms with Crippen LogP contribution in [0.2, 0.25) is 5.02 Å². The highest BCUT2D eigenvalue weighted by Gasteiger charge is 2.35. The summed E-state index contributed by atoms with van der Waals surface area (Å²) in [6, 6.07) is 16.7. The molecule has 0 saturated carbocycles. The largest absolute Gasteiger partial charge is 0.492 e. The Morgan fingerprint density at radius 3 is 2.54 bits per heavy atom. The number of amides is 2. The van der Waals surface area contributed by atoms with Gasteiger partial charge >= 0.3 is 0 Å². The zero-order valence-corrected chi connectivity index (χ0v) is 22.9. The predicted octanol–water partition coefficient (Wildman–Crippen LogP) is 7.33. The van der Waals surface area contributed by atoms with Crippen LogP contribution in [0.5, 0.6) is 17.2 Å². The lowest BCUT2D eigenvalue weighted by atomic mass is 10.1. The van der Waals surface area contributed by atoms with Gasteiger partial charge < -0.3 is 14.2 Å². The summed E-state index contributed by atoms with van der Waals surface area (Å²) in [6.07, 6.45) is 1.62. The van der Waals surface area contributed by atoms with Gasteiger partial charge in [-0.1, -0.05) is 29.8 Å². The first-order valence-corrected chi connectivity index (χ1v) is 13.3. The van der Waals surface area contributed by atoms with E-state index in [0.717, 1.165) is 16.7 Å². The van der Waals surface area contributed by atoms with Gasteiger partial charge in [0.15, 0.2) is 11.5 Å². The van der Waals surface area contributed by atoms with E-state index in [1.807, 2.05) is 6.92 Å². The molecule has 4 rings (SSSR count). The molecule has 10 heteroatoms. The lowest BCUT2D eigenvalue weighted by Gasteiger charge is -2.15. The van der Waals surface area contributed by atoms with Crippen molar-refractivity contribution in [3.05, 3.63) is 92.0 Å². The second-order valence-electron chi connectivity index (χ2n) is 7.78. The SMILES string of the molecule is CCOc1cc(/C=C2\SC(=O)N(CCOc3ccc(Cl)cc3)C2=O)cc(Br)c1OCc1ccccc1F.